The molecule has 1 heterocycles. The zero-order valence-electron chi connectivity index (χ0n) is 17.1. The minimum atomic E-state index is 0.316. The van der Waals surface area contributed by atoms with E-state index in [1.165, 1.54) is 61.8 Å². The van der Waals surface area contributed by atoms with Crippen LogP contribution in [0.25, 0.3) is 0 Å². The van der Waals surface area contributed by atoms with Crippen molar-refractivity contribution in [2.24, 2.45) is 5.92 Å². The van der Waals surface area contributed by atoms with E-state index in [0.29, 0.717) is 23.2 Å². The molecule has 1 saturated heterocycles. The molecule has 3 aliphatic rings. The standard InChI is InChI=1S/C26H33NO/c1-2-21(16-19-8-4-3-5-9-19)27-15-14-26-13-7-6-10-23(26)25(27)17-20-11-12-22(28)18-24(20)26/h3-5,8-9,11-12,18,21,23,25,28H,2,6-7,10,13-17H2,1H3/t21?,23-,25+,26+/m0/s1. The molecule has 1 unspecified atom stereocenters. The maximum Gasteiger partial charge on any atom is 0.115 e. The molecule has 2 aromatic rings. The molecule has 2 bridgehead atoms. The Morgan fingerprint density at radius 3 is 2.79 bits per heavy atom. The number of phenolic OH excluding ortho intramolecular Hbond substituents is 1. The summed E-state index contributed by atoms with van der Waals surface area (Å²) in [5.41, 5.74) is 4.77. The van der Waals surface area contributed by atoms with Crippen molar-refractivity contribution in [3.8, 4) is 5.75 Å². The van der Waals surface area contributed by atoms with Crippen LogP contribution in [0.15, 0.2) is 48.5 Å². The SMILES string of the molecule is CCC(Cc1ccccc1)N1CC[C@]23CCCC[C@H]2[C@H]1Cc1ccc(O)cc13. The van der Waals surface area contributed by atoms with E-state index in [-0.39, 0.29) is 0 Å². The molecule has 1 aliphatic heterocycles. The second kappa shape index (κ2) is 7.22. The minimum Gasteiger partial charge on any atom is -0.508 e. The molecule has 2 aliphatic carbocycles. The van der Waals surface area contributed by atoms with Gasteiger partial charge >= 0.3 is 0 Å². The summed E-state index contributed by atoms with van der Waals surface area (Å²) in [5, 5.41) is 10.2. The Morgan fingerprint density at radius 1 is 1.11 bits per heavy atom. The van der Waals surface area contributed by atoms with Gasteiger partial charge in [0, 0.05) is 17.5 Å². The number of fused-ring (bicyclic) bond motifs is 1. The monoisotopic (exact) mass is 375 g/mol. The summed E-state index contributed by atoms with van der Waals surface area (Å²) in [6.45, 7) is 3.58. The molecule has 28 heavy (non-hydrogen) atoms. The number of rotatable bonds is 4. The predicted octanol–water partition coefficient (Wildman–Crippen LogP) is 5.47. The quantitative estimate of drug-likeness (QED) is 0.766. The molecule has 2 fully saturated rings. The van der Waals surface area contributed by atoms with Gasteiger partial charge < -0.3 is 5.11 Å². The van der Waals surface area contributed by atoms with Crippen molar-refractivity contribution >= 4 is 0 Å². The average Bonchev–Trinajstić information content (AvgIpc) is 2.74. The maximum atomic E-state index is 10.2. The Balaban J connectivity index is 1.50. The lowest BCUT2D eigenvalue weighted by Crippen LogP contribution is -2.63. The normalized spacial score (nSPS) is 30.3. The van der Waals surface area contributed by atoms with Crippen LogP contribution in [0.4, 0.5) is 0 Å². The number of phenols is 1. The van der Waals surface area contributed by atoms with Crippen molar-refractivity contribution < 1.29 is 5.11 Å². The van der Waals surface area contributed by atoms with Crippen molar-refractivity contribution in [3.05, 3.63) is 65.2 Å². The highest BCUT2D eigenvalue weighted by atomic mass is 16.3. The van der Waals surface area contributed by atoms with Crippen LogP contribution in [0, 0.1) is 5.92 Å². The van der Waals surface area contributed by atoms with Crippen molar-refractivity contribution in [2.45, 2.75) is 75.8 Å². The average molecular weight is 376 g/mol. The lowest BCUT2D eigenvalue weighted by atomic mass is 9.52. The second-order valence-electron chi connectivity index (χ2n) is 9.36. The van der Waals surface area contributed by atoms with Gasteiger partial charge in [-0.1, -0.05) is 56.2 Å². The summed E-state index contributed by atoms with van der Waals surface area (Å²) in [5.74, 6) is 1.21. The van der Waals surface area contributed by atoms with Crippen LogP contribution < -0.4 is 0 Å². The molecule has 2 aromatic carbocycles. The van der Waals surface area contributed by atoms with Crippen molar-refractivity contribution in [2.75, 3.05) is 6.54 Å². The molecule has 2 nitrogen and oxygen atoms in total. The Morgan fingerprint density at radius 2 is 1.96 bits per heavy atom. The van der Waals surface area contributed by atoms with Gasteiger partial charge in [0.15, 0.2) is 0 Å². The van der Waals surface area contributed by atoms with Gasteiger partial charge in [-0.25, -0.2) is 0 Å². The molecule has 4 atom stereocenters. The van der Waals surface area contributed by atoms with Gasteiger partial charge in [-0.15, -0.1) is 0 Å². The summed E-state index contributed by atoms with van der Waals surface area (Å²) in [6.07, 6.45) is 10.2. The first kappa shape index (κ1) is 18.2. The summed E-state index contributed by atoms with van der Waals surface area (Å²) in [6, 6.07) is 18.6. The summed E-state index contributed by atoms with van der Waals surface area (Å²) in [7, 11) is 0. The first-order valence-corrected chi connectivity index (χ1v) is 11.3. The Labute approximate surface area is 169 Å². The van der Waals surface area contributed by atoms with Gasteiger partial charge in [0.25, 0.3) is 0 Å². The van der Waals surface area contributed by atoms with E-state index < -0.39 is 0 Å². The molecule has 0 aromatic heterocycles. The van der Waals surface area contributed by atoms with E-state index in [4.69, 9.17) is 0 Å². The largest absolute Gasteiger partial charge is 0.508 e. The van der Waals surface area contributed by atoms with Gasteiger partial charge in [-0.3, -0.25) is 4.90 Å². The first-order chi connectivity index (χ1) is 13.7. The number of piperidine rings is 1. The fourth-order valence-electron chi connectivity index (χ4n) is 6.86. The third kappa shape index (κ3) is 2.88. The molecule has 148 valence electrons. The molecule has 5 rings (SSSR count). The van der Waals surface area contributed by atoms with E-state index in [1.54, 1.807) is 0 Å². The van der Waals surface area contributed by atoms with Crippen molar-refractivity contribution in [3.63, 3.8) is 0 Å². The van der Waals surface area contributed by atoms with Crippen LogP contribution >= 0.6 is 0 Å². The lowest BCUT2D eigenvalue weighted by molar-refractivity contribution is -0.0344. The third-order valence-electron chi connectivity index (χ3n) is 8.12. The molecule has 0 spiro atoms. The van der Waals surface area contributed by atoms with E-state index in [2.05, 4.69) is 54.3 Å². The fraction of sp³-hybridized carbons (Fsp3) is 0.538. The number of aromatic hydroxyl groups is 1. The molecule has 2 heteroatoms. The molecular weight excluding hydrogens is 342 g/mol. The van der Waals surface area contributed by atoms with E-state index in [1.807, 2.05) is 6.07 Å². The zero-order chi connectivity index (χ0) is 19.1. The molecule has 1 N–H and O–H groups in total. The smallest absolute Gasteiger partial charge is 0.115 e. The van der Waals surface area contributed by atoms with Crippen LogP contribution in [0.1, 0.15) is 62.1 Å². The number of hydrogen-bond donors (Lipinski definition) is 1. The Hall–Kier alpha value is -1.80. The van der Waals surface area contributed by atoms with Crippen LogP contribution in [0.2, 0.25) is 0 Å². The van der Waals surface area contributed by atoms with Crippen LogP contribution in [0.3, 0.4) is 0 Å². The van der Waals surface area contributed by atoms with E-state index >= 15 is 0 Å². The highest BCUT2D eigenvalue weighted by molar-refractivity contribution is 5.45. The molecule has 0 amide bonds. The number of benzene rings is 2. The van der Waals surface area contributed by atoms with Gasteiger partial charge in [0.05, 0.1) is 0 Å². The Bertz CT molecular complexity index is 832. The van der Waals surface area contributed by atoms with E-state index in [0.717, 1.165) is 18.8 Å². The lowest BCUT2D eigenvalue weighted by Gasteiger charge is -2.60. The summed E-state index contributed by atoms with van der Waals surface area (Å²) in [4.78, 5) is 2.89. The maximum absolute atomic E-state index is 10.2. The third-order valence-corrected chi connectivity index (χ3v) is 8.12. The zero-order valence-corrected chi connectivity index (χ0v) is 17.1. The number of hydrogen-bond acceptors (Lipinski definition) is 2. The van der Waals surface area contributed by atoms with E-state index in [9.17, 15) is 5.11 Å². The highest BCUT2D eigenvalue weighted by Crippen LogP contribution is 2.56. The minimum absolute atomic E-state index is 0.316. The second-order valence-corrected chi connectivity index (χ2v) is 9.36. The molecular formula is C26H33NO. The topological polar surface area (TPSA) is 23.5 Å². The van der Waals surface area contributed by atoms with Crippen molar-refractivity contribution in [1.82, 2.24) is 4.90 Å². The molecule has 0 radical (unpaired) electrons. The van der Waals surface area contributed by atoms with Gasteiger partial charge in [0.1, 0.15) is 5.75 Å². The molecule has 1 saturated carbocycles. The highest BCUT2D eigenvalue weighted by Gasteiger charge is 2.54. The number of likely N-dealkylation sites (tertiary alicyclic amines) is 1. The van der Waals surface area contributed by atoms with Gasteiger partial charge in [-0.05, 0) is 79.8 Å². The summed E-state index contributed by atoms with van der Waals surface area (Å²) >= 11 is 0. The summed E-state index contributed by atoms with van der Waals surface area (Å²) < 4.78 is 0. The van der Waals surface area contributed by atoms with Crippen molar-refractivity contribution in [1.29, 1.82) is 0 Å². The Kier molecular flexibility index (Phi) is 4.71. The van der Waals surface area contributed by atoms with Gasteiger partial charge in [-0.2, -0.15) is 0 Å². The van der Waals surface area contributed by atoms with Crippen LogP contribution in [-0.4, -0.2) is 28.6 Å². The van der Waals surface area contributed by atoms with Crippen LogP contribution in [0.5, 0.6) is 5.75 Å². The predicted molar refractivity (Wildman–Crippen MR) is 115 cm³/mol. The van der Waals surface area contributed by atoms with Gasteiger partial charge in [0.2, 0.25) is 0 Å². The first-order valence-electron chi connectivity index (χ1n) is 11.3. The number of nitrogens with zero attached hydrogens (tertiary/aromatic N) is 1. The van der Waals surface area contributed by atoms with Crippen LogP contribution in [-0.2, 0) is 18.3 Å². The fourth-order valence-corrected chi connectivity index (χ4v) is 6.86.